The van der Waals surface area contributed by atoms with E-state index in [1.165, 1.54) is 6.20 Å². The van der Waals surface area contributed by atoms with Gasteiger partial charge < -0.3 is 16.2 Å². The highest BCUT2D eigenvalue weighted by molar-refractivity contribution is 5.97. The number of aliphatic hydroxyl groups is 1. The van der Waals surface area contributed by atoms with E-state index in [2.05, 4.69) is 15.3 Å². The second kappa shape index (κ2) is 6.17. The van der Waals surface area contributed by atoms with Gasteiger partial charge in [-0.05, 0) is 25.7 Å². The molecule has 0 bridgehead atoms. The van der Waals surface area contributed by atoms with Gasteiger partial charge in [0.1, 0.15) is 5.82 Å². The van der Waals surface area contributed by atoms with Gasteiger partial charge in [0.25, 0.3) is 5.91 Å². The molecule has 0 radical (unpaired) electrons. The molecule has 20 heavy (non-hydrogen) atoms. The number of hydrogen-bond donors (Lipinski definition) is 3. The van der Waals surface area contributed by atoms with Gasteiger partial charge in [0, 0.05) is 12.0 Å². The van der Waals surface area contributed by atoms with Crippen molar-refractivity contribution in [2.45, 2.75) is 57.6 Å². The Hall–Kier alpha value is -1.69. The molecule has 1 aromatic heterocycles. The van der Waals surface area contributed by atoms with Crippen LogP contribution in [0, 0.1) is 0 Å². The van der Waals surface area contributed by atoms with Crippen molar-refractivity contribution in [1.82, 2.24) is 15.3 Å². The molecule has 6 heteroatoms. The van der Waals surface area contributed by atoms with Gasteiger partial charge in [-0.1, -0.05) is 13.8 Å². The Morgan fingerprint density at radius 3 is 2.65 bits per heavy atom. The molecule has 4 N–H and O–H groups in total. The van der Waals surface area contributed by atoms with Gasteiger partial charge in [0.15, 0.2) is 5.69 Å². The Balaban J connectivity index is 2.07. The Bertz CT molecular complexity index is 482. The highest BCUT2D eigenvalue weighted by Crippen LogP contribution is 2.19. The smallest absolute Gasteiger partial charge is 0.272 e. The number of nitrogens with zero attached hydrogens (tertiary/aromatic N) is 2. The first-order chi connectivity index (χ1) is 9.47. The fraction of sp³-hybridized carbons (Fsp3) is 0.643. The lowest BCUT2D eigenvalue weighted by molar-refractivity contribution is 0.0863. The zero-order valence-electron chi connectivity index (χ0n) is 12.0. The summed E-state index contributed by atoms with van der Waals surface area (Å²) in [6, 6.07) is 0.0859. The van der Waals surface area contributed by atoms with Crippen molar-refractivity contribution >= 4 is 11.6 Å². The molecule has 0 atom stereocenters. The van der Waals surface area contributed by atoms with Crippen LogP contribution < -0.4 is 11.1 Å². The number of aliphatic hydroxyl groups excluding tert-OH is 1. The molecule has 1 fully saturated rings. The lowest BCUT2D eigenvalue weighted by Crippen LogP contribution is -2.39. The minimum Gasteiger partial charge on any atom is -0.396 e. The first-order valence-corrected chi connectivity index (χ1v) is 7.08. The summed E-state index contributed by atoms with van der Waals surface area (Å²) in [5, 5.41) is 12.4. The number of hydrogen-bond acceptors (Lipinski definition) is 5. The fourth-order valence-electron chi connectivity index (χ4n) is 2.34. The maximum atomic E-state index is 12.2. The van der Waals surface area contributed by atoms with Crippen molar-refractivity contribution < 1.29 is 9.90 Å². The van der Waals surface area contributed by atoms with Crippen molar-refractivity contribution in [3.63, 3.8) is 0 Å². The van der Waals surface area contributed by atoms with Crippen LogP contribution in [0.5, 0.6) is 0 Å². The Labute approximate surface area is 118 Å². The van der Waals surface area contributed by atoms with Crippen molar-refractivity contribution in [3.8, 4) is 0 Å². The van der Waals surface area contributed by atoms with Crippen LogP contribution >= 0.6 is 0 Å². The van der Waals surface area contributed by atoms with Crippen molar-refractivity contribution in [2.75, 3.05) is 5.73 Å². The largest absolute Gasteiger partial charge is 0.396 e. The van der Waals surface area contributed by atoms with E-state index >= 15 is 0 Å². The highest BCUT2D eigenvalue weighted by atomic mass is 16.3. The summed E-state index contributed by atoms with van der Waals surface area (Å²) >= 11 is 0. The first kappa shape index (κ1) is 14.7. The van der Waals surface area contributed by atoms with E-state index in [0.29, 0.717) is 11.5 Å². The maximum absolute atomic E-state index is 12.2. The van der Waals surface area contributed by atoms with Gasteiger partial charge in [-0.25, -0.2) is 9.97 Å². The van der Waals surface area contributed by atoms with Crippen LogP contribution in [0.3, 0.4) is 0 Å². The second-order valence-electron chi connectivity index (χ2n) is 5.67. The fourth-order valence-corrected chi connectivity index (χ4v) is 2.34. The number of anilines is 1. The third-order valence-corrected chi connectivity index (χ3v) is 3.60. The average Bonchev–Trinajstić information content (AvgIpc) is 2.41. The molecule has 0 aliphatic heterocycles. The Morgan fingerprint density at radius 1 is 1.40 bits per heavy atom. The van der Waals surface area contributed by atoms with Crippen LogP contribution in [0.25, 0.3) is 0 Å². The summed E-state index contributed by atoms with van der Waals surface area (Å²) in [5.41, 5.74) is 6.33. The summed E-state index contributed by atoms with van der Waals surface area (Å²) in [6.45, 7) is 3.94. The van der Waals surface area contributed by atoms with Gasteiger partial charge in [0.2, 0.25) is 0 Å². The molecule has 0 spiro atoms. The van der Waals surface area contributed by atoms with E-state index in [4.69, 9.17) is 5.73 Å². The molecule has 1 aliphatic carbocycles. The second-order valence-corrected chi connectivity index (χ2v) is 5.67. The van der Waals surface area contributed by atoms with Gasteiger partial charge >= 0.3 is 0 Å². The summed E-state index contributed by atoms with van der Waals surface area (Å²) < 4.78 is 0. The zero-order chi connectivity index (χ0) is 14.7. The summed E-state index contributed by atoms with van der Waals surface area (Å²) in [7, 11) is 0. The molecule has 1 amide bonds. The lowest BCUT2D eigenvalue weighted by atomic mass is 9.93. The number of carbonyl (C=O) groups is 1. The lowest BCUT2D eigenvalue weighted by Gasteiger charge is -2.26. The maximum Gasteiger partial charge on any atom is 0.272 e. The predicted molar refractivity (Wildman–Crippen MR) is 76.3 cm³/mol. The minimum absolute atomic E-state index is 0.0859. The highest BCUT2D eigenvalue weighted by Gasteiger charge is 2.23. The van der Waals surface area contributed by atoms with E-state index in [1.54, 1.807) is 0 Å². The van der Waals surface area contributed by atoms with Gasteiger partial charge in [-0.2, -0.15) is 0 Å². The normalized spacial score (nSPS) is 22.8. The number of rotatable bonds is 3. The van der Waals surface area contributed by atoms with E-state index in [-0.39, 0.29) is 29.7 Å². The van der Waals surface area contributed by atoms with Crippen LogP contribution in [0.1, 0.15) is 61.8 Å². The Kier molecular flexibility index (Phi) is 4.54. The number of carbonyl (C=O) groups excluding carboxylic acids is 1. The monoisotopic (exact) mass is 278 g/mol. The molecule has 2 rings (SSSR count). The molecule has 1 aliphatic rings. The van der Waals surface area contributed by atoms with Gasteiger partial charge in [-0.15, -0.1) is 0 Å². The van der Waals surface area contributed by atoms with Crippen molar-refractivity contribution in [2.24, 2.45) is 0 Å². The topological polar surface area (TPSA) is 101 Å². The number of nitrogens with one attached hydrogen (secondary N) is 1. The van der Waals surface area contributed by atoms with E-state index in [1.807, 2.05) is 13.8 Å². The van der Waals surface area contributed by atoms with E-state index in [0.717, 1.165) is 25.7 Å². The van der Waals surface area contributed by atoms with Crippen LogP contribution in [0.15, 0.2) is 6.20 Å². The van der Waals surface area contributed by atoms with Crippen molar-refractivity contribution in [1.29, 1.82) is 0 Å². The number of nitrogens with two attached hydrogens (primary N) is 1. The molecule has 0 saturated heterocycles. The standard InChI is InChI=1S/C14H22N4O2/c1-8(2)13-16-7-11(15)12(18-13)14(20)17-9-3-5-10(19)6-4-9/h7-10,19H,3-6,15H2,1-2H3,(H,17,20). The quantitative estimate of drug-likeness (QED) is 0.771. The molecule has 1 heterocycles. The van der Waals surface area contributed by atoms with Crippen LogP contribution in [-0.4, -0.2) is 33.1 Å². The number of aromatic nitrogens is 2. The number of amides is 1. The molecule has 1 aromatic rings. The average molecular weight is 278 g/mol. The minimum atomic E-state index is -0.256. The number of nitrogen functional groups attached to an aromatic ring is 1. The van der Waals surface area contributed by atoms with Crippen LogP contribution in [-0.2, 0) is 0 Å². The zero-order valence-corrected chi connectivity index (χ0v) is 12.0. The molecule has 0 unspecified atom stereocenters. The predicted octanol–water partition coefficient (Wildman–Crippen LogP) is 1.22. The molecule has 110 valence electrons. The third kappa shape index (κ3) is 3.45. The van der Waals surface area contributed by atoms with E-state index < -0.39 is 0 Å². The molecule has 1 saturated carbocycles. The van der Waals surface area contributed by atoms with E-state index in [9.17, 15) is 9.90 Å². The van der Waals surface area contributed by atoms with Gasteiger partial charge in [0.05, 0.1) is 18.0 Å². The van der Waals surface area contributed by atoms with Crippen molar-refractivity contribution in [3.05, 3.63) is 17.7 Å². The van der Waals surface area contributed by atoms with Crippen LogP contribution in [0.2, 0.25) is 0 Å². The summed E-state index contributed by atoms with van der Waals surface area (Å²) in [4.78, 5) is 20.6. The molecular weight excluding hydrogens is 256 g/mol. The summed E-state index contributed by atoms with van der Waals surface area (Å²) in [5.74, 6) is 0.503. The van der Waals surface area contributed by atoms with Gasteiger partial charge in [-0.3, -0.25) is 4.79 Å². The molecule has 6 nitrogen and oxygen atoms in total. The molecular formula is C14H22N4O2. The summed E-state index contributed by atoms with van der Waals surface area (Å²) in [6.07, 6.45) is 4.27. The first-order valence-electron chi connectivity index (χ1n) is 7.08. The SMILES string of the molecule is CC(C)c1ncc(N)c(C(=O)NC2CCC(O)CC2)n1. The molecule has 0 aromatic carbocycles. The van der Waals surface area contributed by atoms with Crippen LogP contribution in [0.4, 0.5) is 5.69 Å². The third-order valence-electron chi connectivity index (χ3n) is 3.60. The Morgan fingerprint density at radius 2 is 2.05 bits per heavy atom.